The smallest absolute Gasteiger partial charge is 0.495 e. The van der Waals surface area contributed by atoms with Crippen molar-refractivity contribution in [3.8, 4) is 5.75 Å². The summed E-state index contributed by atoms with van der Waals surface area (Å²) >= 11 is 0. The van der Waals surface area contributed by atoms with Crippen molar-refractivity contribution in [2.24, 2.45) is 5.92 Å². The van der Waals surface area contributed by atoms with Crippen molar-refractivity contribution in [2.75, 3.05) is 7.11 Å². The van der Waals surface area contributed by atoms with Gasteiger partial charge in [0.25, 0.3) is 0 Å². The van der Waals surface area contributed by atoms with Crippen LogP contribution in [0.5, 0.6) is 5.75 Å². The van der Waals surface area contributed by atoms with Gasteiger partial charge >= 0.3 is 7.12 Å². The Morgan fingerprint density at radius 1 is 1.11 bits per heavy atom. The van der Waals surface area contributed by atoms with Gasteiger partial charge in [0, 0.05) is 0 Å². The lowest BCUT2D eigenvalue weighted by molar-refractivity contribution is 0.00195. The molecule has 1 aromatic rings. The summed E-state index contributed by atoms with van der Waals surface area (Å²) in [7, 11) is 1.32. The van der Waals surface area contributed by atoms with Gasteiger partial charge in [0.05, 0.1) is 31.0 Å². The summed E-state index contributed by atoms with van der Waals surface area (Å²) in [4.78, 5) is 0. The quantitative estimate of drug-likeness (QED) is 0.688. The molecule has 5 heteroatoms. The summed E-state index contributed by atoms with van der Waals surface area (Å²) in [6.07, 6.45) is 6.54. The van der Waals surface area contributed by atoms with E-state index in [4.69, 9.17) is 18.8 Å². The first-order valence-electron chi connectivity index (χ1n) is 10.4. The van der Waals surface area contributed by atoms with Gasteiger partial charge in [-0.3, -0.25) is 0 Å². The predicted molar refractivity (Wildman–Crippen MR) is 110 cm³/mol. The van der Waals surface area contributed by atoms with Gasteiger partial charge in [-0.25, -0.2) is 0 Å². The minimum absolute atomic E-state index is 0.348. The first-order valence-corrected chi connectivity index (χ1v) is 10.4. The number of ether oxygens (including phenoxy) is 2. The Morgan fingerprint density at radius 2 is 1.81 bits per heavy atom. The molecule has 0 spiro atoms. The van der Waals surface area contributed by atoms with Gasteiger partial charge in [-0.1, -0.05) is 32.3 Å². The SMILES string of the molecule is CCC1CCCC(OCc2cc(OC)ccc2B2OC(C)(C)C(C)(C)O2)C1. The molecule has 1 saturated carbocycles. The molecule has 3 rings (SSSR count). The Morgan fingerprint density at radius 3 is 2.44 bits per heavy atom. The third-order valence-electron chi connectivity index (χ3n) is 6.64. The fraction of sp³-hybridized carbons (Fsp3) is 0.727. The Kier molecular flexibility index (Phi) is 6.24. The van der Waals surface area contributed by atoms with E-state index in [2.05, 4.69) is 46.8 Å². The fourth-order valence-electron chi connectivity index (χ4n) is 4.01. The van der Waals surface area contributed by atoms with Crippen LogP contribution in [-0.4, -0.2) is 31.5 Å². The highest BCUT2D eigenvalue weighted by Gasteiger charge is 2.52. The van der Waals surface area contributed by atoms with Crippen LogP contribution >= 0.6 is 0 Å². The molecule has 150 valence electrons. The van der Waals surface area contributed by atoms with Crippen molar-refractivity contribution in [1.82, 2.24) is 0 Å². The van der Waals surface area contributed by atoms with E-state index in [1.807, 2.05) is 6.07 Å². The molecular weight excluding hydrogens is 339 g/mol. The zero-order valence-corrected chi connectivity index (χ0v) is 17.8. The summed E-state index contributed by atoms with van der Waals surface area (Å²) in [5, 5.41) is 0. The van der Waals surface area contributed by atoms with Crippen LogP contribution in [0.25, 0.3) is 0 Å². The van der Waals surface area contributed by atoms with Gasteiger partial charge in [0.15, 0.2) is 0 Å². The highest BCUT2D eigenvalue weighted by atomic mass is 16.7. The molecule has 1 saturated heterocycles. The second-order valence-corrected chi connectivity index (χ2v) is 9.03. The van der Waals surface area contributed by atoms with Crippen LogP contribution in [0.2, 0.25) is 0 Å². The summed E-state index contributed by atoms with van der Waals surface area (Å²) in [5.74, 6) is 1.64. The van der Waals surface area contributed by atoms with Crippen molar-refractivity contribution >= 4 is 12.6 Å². The van der Waals surface area contributed by atoms with Crippen LogP contribution in [0, 0.1) is 5.92 Å². The first kappa shape index (κ1) is 20.7. The number of hydrogen-bond acceptors (Lipinski definition) is 4. The Hall–Kier alpha value is -1.04. The molecule has 0 aromatic heterocycles. The van der Waals surface area contributed by atoms with E-state index < -0.39 is 0 Å². The predicted octanol–water partition coefficient (Wildman–Crippen LogP) is 4.48. The maximum Gasteiger partial charge on any atom is 0.495 e. The van der Waals surface area contributed by atoms with Crippen molar-refractivity contribution in [3.63, 3.8) is 0 Å². The summed E-state index contributed by atoms with van der Waals surface area (Å²) < 4.78 is 24.3. The minimum Gasteiger partial charge on any atom is -0.497 e. The van der Waals surface area contributed by atoms with E-state index in [0.29, 0.717) is 12.7 Å². The van der Waals surface area contributed by atoms with Crippen LogP contribution in [0.15, 0.2) is 18.2 Å². The molecule has 1 heterocycles. The van der Waals surface area contributed by atoms with Gasteiger partial charge in [0.2, 0.25) is 0 Å². The lowest BCUT2D eigenvalue weighted by Gasteiger charge is -2.32. The topological polar surface area (TPSA) is 36.9 Å². The van der Waals surface area contributed by atoms with E-state index in [1.165, 1.54) is 25.7 Å². The van der Waals surface area contributed by atoms with E-state index in [0.717, 1.165) is 29.1 Å². The number of hydrogen-bond donors (Lipinski definition) is 0. The van der Waals surface area contributed by atoms with Gasteiger partial charge in [0.1, 0.15) is 5.75 Å². The molecule has 1 aliphatic carbocycles. The van der Waals surface area contributed by atoms with E-state index in [9.17, 15) is 0 Å². The maximum absolute atomic E-state index is 6.34. The molecule has 0 bridgehead atoms. The highest BCUT2D eigenvalue weighted by molar-refractivity contribution is 6.62. The molecule has 2 fully saturated rings. The highest BCUT2D eigenvalue weighted by Crippen LogP contribution is 2.37. The van der Waals surface area contributed by atoms with E-state index in [-0.39, 0.29) is 18.3 Å². The summed E-state index contributed by atoms with van der Waals surface area (Å²) in [6, 6.07) is 6.08. The number of methoxy groups -OCH3 is 1. The standard InChI is InChI=1S/C22H35BO4/c1-7-16-9-8-10-19(13-16)25-15-17-14-18(24-6)11-12-20(17)23-26-21(2,3)22(4,5)27-23/h11-12,14,16,19H,7-10,13,15H2,1-6H3. The largest absolute Gasteiger partial charge is 0.497 e. The van der Waals surface area contributed by atoms with Gasteiger partial charge in [-0.2, -0.15) is 0 Å². The molecule has 2 unspecified atom stereocenters. The number of rotatable bonds is 6. The Labute approximate surface area is 165 Å². The summed E-state index contributed by atoms with van der Waals surface area (Å²) in [6.45, 7) is 11.2. The van der Waals surface area contributed by atoms with Gasteiger partial charge < -0.3 is 18.8 Å². The van der Waals surface area contributed by atoms with E-state index >= 15 is 0 Å². The second kappa shape index (κ2) is 8.14. The maximum atomic E-state index is 6.34. The molecule has 1 aliphatic heterocycles. The molecule has 1 aromatic carbocycles. The molecule has 2 atom stereocenters. The van der Waals surface area contributed by atoms with Crippen LogP contribution in [0.1, 0.15) is 72.3 Å². The van der Waals surface area contributed by atoms with Gasteiger partial charge in [-0.15, -0.1) is 0 Å². The van der Waals surface area contributed by atoms with Crippen LogP contribution in [0.4, 0.5) is 0 Å². The molecule has 27 heavy (non-hydrogen) atoms. The third-order valence-corrected chi connectivity index (χ3v) is 6.64. The molecular formula is C22H35BO4. The van der Waals surface area contributed by atoms with E-state index in [1.54, 1.807) is 7.11 Å². The van der Waals surface area contributed by atoms with Crippen LogP contribution in [0.3, 0.4) is 0 Å². The first-order chi connectivity index (χ1) is 12.8. The number of benzene rings is 1. The average molecular weight is 374 g/mol. The molecule has 4 nitrogen and oxygen atoms in total. The lowest BCUT2D eigenvalue weighted by atomic mass is 9.76. The zero-order valence-electron chi connectivity index (χ0n) is 17.8. The molecule has 0 radical (unpaired) electrons. The van der Waals surface area contributed by atoms with Crippen LogP contribution in [-0.2, 0) is 20.7 Å². The Balaban J connectivity index is 1.76. The second-order valence-electron chi connectivity index (χ2n) is 9.03. The normalized spacial score (nSPS) is 27.0. The fourth-order valence-corrected chi connectivity index (χ4v) is 4.01. The van der Waals surface area contributed by atoms with Crippen LogP contribution < -0.4 is 10.2 Å². The molecule has 0 N–H and O–H groups in total. The third kappa shape index (κ3) is 4.52. The van der Waals surface area contributed by atoms with Crippen molar-refractivity contribution < 1.29 is 18.8 Å². The molecule has 2 aliphatic rings. The zero-order chi connectivity index (χ0) is 19.7. The average Bonchev–Trinajstić information content (AvgIpc) is 2.87. The van der Waals surface area contributed by atoms with Crippen molar-refractivity contribution in [2.45, 2.75) is 90.6 Å². The van der Waals surface area contributed by atoms with Crippen molar-refractivity contribution in [1.29, 1.82) is 0 Å². The lowest BCUT2D eigenvalue weighted by Crippen LogP contribution is -2.41. The monoisotopic (exact) mass is 374 g/mol. The Bertz CT molecular complexity index is 627. The minimum atomic E-state index is -0.380. The summed E-state index contributed by atoms with van der Waals surface area (Å²) in [5.41, 5.74) is 1.42. The molecule has 0 amide bonds. The van der Waals surface area contributed by atoms with Gasteiger partial charge in [-0.05, 0) is 69.6 Å². The van der Waals surface area contributed by atoms with Crippen molar-refractivity contribution in [3.05, 3.63) is 23.8 Å².